The Kier molecular flexibility index (Phi) is 4.89. The van der Waals surface area contributed by atoms with Gasteiger partial charge in [0.2, 0.25) is 5.43 Å². The molecule has 1 amide bonds. The van der Waals surface area contributed by atoms with Crippen molar-refractivity contribution in [2.75, 3.05) is 24.8 Å². The maximum atomic E-state index is 15.5. The van der Waals surface area contributed by atoms with Crippen molar-refractivity contribution in [2.24, 2.45) is 0 Å². The Morgan fingerprint density at radius 2 is 1.85 bits per heavy atom. The highest BCUT2D eigenvalue weighted by atomic mass is 32.2. The van der Waals surface area contributed by atoms with Crippen LogP contribution in [0.25, 0.3) is 0 Å². The number of pyridine rings is 1. The number of rotatable bonds is 1. The molecular formula is C24H19F2N3O4S. The molecule has 2 aromatic carbocycles. The molecule has 3 aliphatic rings. The van der Waals surface area contributed by atoms with E-state index < -0.39 is 40.9 Å². The molecule has 7 nitrogen and oxygen atoms in total. The van der Waals surface area contributed by atoms with Gasteiger partial charge in [-0.2, -0.15) is 0 Å². The minimum absolute atomic E-state index is 0.121. The summed E-state index contributed by atoms with van der Waals surface area (Å²) in [5, 5.41) is 12.3. The number of amides is 1. The Balaban J connectivity index is 1.69. The first kappa shape index (κ1) is 21.2. The van der Waals surface area contributed by atoms with Gasteiger partial charge in [0.1, 0.15) is 23.8 Å². The highest BCUT2D eigenvalue weighted by molar-refractivity contribution is 7.98. The first-order valence-electron chi connectivity index (χ1n) is 10.8. The van der Waals surface area contributed by atoms with Gasteiger partial charge in [0, 0.05) is 40.6 Å². The standard InChI is InChI=1S/C24H19F2N3O4S/c25-15-5-6-16(26)20-14(15)12-34-18-4-2-1-3-13(18)21(20)29-19-11-33-10-9-27(19)24(32)22-23(31)17(30)7-8-28(22)29/h1-8,19,21,31H,9-12H2/t19-,21-/m1/s1. The second-order valence-electron chi connectivity index (χ2n) is 8.31. The quantitative estimate of drug-likeness (QED) is 0.574. The average Bonchev–Trinajstić information content (AvgIpc) is 3.02. The molecule has 0 bridgehead atoms. The van der Waals surface area contributed by atoms with E-state index in [-0.39, 0.29) is 42.3 Å². The lowest BCUT2D eigenvalue weighted by molar-refractivity contribution is -0.0198. The van der Waals surface area contributed by atoms with Crippen molar-refractivity contribution >= 4 is 17.7 Å². The number of carbonyl (C=O) groups is 1. The van der Waals surface area contributed by atoms with E-state index in [2.05, 4.69) is 0 Å². The highest BCUT2D eigenvalue weighted by Gasteiger charge is 2.46. The van der Waals surface area contributed by atoms with Gasteiger partial charge >= 0.3 is 0 Å². The number of carbonyl (C=O) groups excluding carboxylic acids is 1. The largest absolute Gasteiger partial charge is 0.502 e. The lowest BCUT2D eigenvalue weighted by Gasteiger charge is -2.51. The second kappa shape index (κ2) is 7.85. The summed E-state index contributed by atoms with van der Waals surface area (Å²) in [4.78, 5) is 27.9. The van der Waals surface area contributed by atoms with Crippen LogP contribution in [-0.4, -0.2) is 46.5 Å². The smallest absolute Gasteiger partial charge is 0.278 e. The van der Waals surface area contributed by atoms with Gasteiger partial charge < -0.3 is 14.7 Å². The predicted molar refractivity (Wildman–Crippen MR) is 120 cm³/mol. The van der Waals surface area contributed by atoms with Crippen LogP contribution in [0.4, 0.5) is 8.78 Å². The second-order valence-corrected chi connectivity index (χ2v) is 9.32. The zero-order valence-electron chi connectivity index (χ0n) is 17.8. The minimum Gasteiger partial charge on any atom is -0.502 e. The molecule has 4 heterocycles. The first-order valence-corrected chi connectivity index (χ1v) is 11.8. The van der Waals surface area contributed by atoms with Gasteiger partial charge in [-0.1, -0.05) is 18.2 Å². The maximum absolute atomic E-state index is 15.5. The third-order valence-electron chi connectivity index (χ3n) is 6.55. The molecule has 34 heavy (non-hydrogen) atoms. The third kappa shape index (κ3) is 2.98. The van der Waals surface area contributed by atoms with Crippen LogP contribution in [0.3, 0.4) is 0 Å². The molecule has 174 valence electrons. The molecule has 0 radical (unpaired) electrons. The molecule has 2 atom stereocenters. The highest BCUT2D eigenvalue weighted by Crippen LogP contribution is 2.45. The van der Waals surface area contributed by atoms with E-state index >= 15 is 8.78 Å². The number of benzene rings is 2. The Labute approximate surface area is 197 Å². The van der Waals surface area contributed by atoms with Gasteiger partial charge in [-0.3, -0.25) is 19.3 Å². The number of hydrogen-bond acceptors (Lipinski definition) is 6. The number of aromatic nitrogens is 1. The molecule has 3 aromatic rings. The van der Waals surface area contributed by atoms with Crippen LogP contribution in [0.5, 0.6) is 5.75 Å². The van der Waals surface area contributed by atoms with Crippen LogP contribution in [0.2, 0.25) is 0 Å². The van der Waals surface area contributed by atoms with E-state index in [4.69, 9.17) is 4.74 Å². The number of thioether (sulfide) groups is 1. The fourth-order valence-corrected chi connectivity index (χ4v) is 6.12. The van der Waals surface area contributed by atoms with Gasteiger partial charge in [-0.15, -0.1) is 11.8 Å². The van der Waals surface area contributed by atoms with Crippen LogP contribution in [0.1, 0.15) is 33.2 Å². The number of ether oxygens (including phenoxy) is 1. The summed E-state index contributed by atoms with van der Waals surface area (Å²) in [6.07, 6.45) is 0.714. The number of hydrogen-bond donors (Lipinski definition) is 1. The normalized spacial score (nSPS) is 21.3. The molecule has 0 aliphatic carbocycles. The number of aromatic hydroxyl groups is 1. The van der Waals surface area contributed by atoms with Crippen LogP contribution < -0.4 is 10.4 Å². The number of morpholine rings is 1. The molecule has 0 unspecified atom stereocenters. The van der Waals surface area contributed by atoms with Crippen molar-refractivity contribution in [3.63, 3.8) is 0 Å². The van der Waals surface area contributed by atoms with Gasteiger partial charge in [-0.05, 0) is 23.8 Å². The van der Waals surface area contributed by atoms with E-state index in [1.54, 1.807) is 5.01 Å². The van der Waals surface area contributed by atoms with Crippen LogP contribution in [-0.2, 0) is 10.5 Å². The topological polar surface area (TPSA) is 75.0 Å². The Hall–Kier alpha value is -3.37. The fraction of sp³-hybridized carbons (Fsp3) is 0.250. The molecule has 1 saturated heterocycles. The lowest BCUT2D eigenvalue weighted by Crippen LogP contribution is -2.66. The van der Waals surface area contributed by atoms with Crippen molar-refractivity contribution < 1.29 is 23.4 Å². The summed E-state index contributed by atoms with van der Waals surface area (Å²) in [5.74, 6) is -2.07. The van der Waals surface area contributed by atoms with Crippen molar-refractivity contribution in [2.45, 2.75) is 22.9 Å². The van der Waals surface area contributed by atoms with Crippen molar-refractivity contribution in [3.8, 4) is 5.75 Å². The van der Waals surface area contributed by atoms with Crippen molar-refractivity contribution in [3.05, 3.63) is 92.9 Å². The van der Waals surface area contributed by atoms with E-state index in [0.717, 1.165) is 28.7 Å². The SMILES string of the molecule is O=C1c2c(O)c(=O)ccn2N([C@@H]2c3ccccc3SCc3c(F)ccc(F)c32)[C@@H]2COCCN12. The van der Waals surface area contributed by atoms with Crippen molar-refractivity contribution in [1.82, 2.24) is 9.58 Å². The molecule has 10 heteroatoms. The third-order valence-corrected chi connectivity index (χ3v) is 7.66. The molecular weight excluding hydrogens is 464 g/mol. The molecule has 0 spiro atoms. The number of halogens is 2. The summed E-state index contributed by atoms with van der Waals surface area (Å²) in [7, 11) is 0. The molecule has 3 aliphatic heterocycles. The summed E-state index contributed by atoms with van der Waals surface area (Å²) in [5.41, 5.74) is 0.207. The van der Waals surface area contributed by atoms with Crippen LogP contribution >= 0.6 is 11.8 Å². The first-order chi connectivity index (χ1) is 16.5. The van der Waals surface area contributed by atoms with Crippen LogP contribution in [0.15, 0.2) is 58.4 Å². The fourth-order valence-electron chi connectivity index (χ4n) is 5.00. The van der Waals surface area contributed by atoms with E-state index in [1.807, 2.05) is 24.3 Å². The Bertz CT molecular complexity index is 1400. The summed E-state index contributed by atoms with van der Waals surface area (Å²) in [6, 6.07) is 9.93. The van der Waals surface area contributed by atoms with Gasteiger partial charge in [0.25, 0.3) is 5.91 Å². The summed E-state index contributed by atoms with van der Waals surface area (Å²) < 4.78 is 37.6. The Morgan fingerprint density at radius 3 is 2.71 bits per heavy atom. The monoisotopic (exact) mass is 483 g/mol. The molecule has 1 fully saturated rings. The Morgan fingerprint density at radius 1 is 1.06 bits per heavy atom. The predicted octanol–water partition coefficient (Wildman–Crippen LogP) is 2.98. The molecule has 6 rings (SSSR count). The zero-order valence-corrected chi connectivity index (χ0v) is 18.6. The maximum Gasteiger partial charge on any atom is 0.278 e. The zero-order chi connectivity index (χ0) is 23.6. The van der Waals surface area contributed by atoms with Gasteiger partial charge in [0.15, 0.2) is 11.4 Å². The number of nitrogens with zero attached hydrogens (tertiary/aromatic N) is 3. The van der Waals surface area contributed by atoms with Gasteiger partial charge in [0.05, 0.1) is 13.2 Å². The summed E-state index contributed by atoms with van der Waals surface area (Å²) >= 11 is 1.41. The van der Waals surface area contributed by atoms with E-state index in [0.29, 0.717) is 0 Å². The average molecular weight is 483 g/mol. The van der Waals surface area contributed by atoms with E-state index in [1.165, 1.54) is 27.5 Å². The lowest BCUT2D eigenvalue weighted by atomic mass is 9.92. The van der Waals surface area contributed by atoms with Crippen molar-refractivity contribution in [1.29, 1.82) is 0 Å². The van der Waals surface area contributed by atoms with E-state index in [9.17, 15) is 14.7 Å². The van der Waals surface area contributed by atoms with Crippen LogP contribution in [0, 0.1) is 11.6 Å². The molecule has 0 saturated carbocycles. The minimum atomic E-state index is -0.861. The molecule has 1 N–H and O–H groups in total. The van der Waals surface area contributed by atoms with Gasteiger partial charge in [-0.25, -0.2) is 8.78 Å². The summed E-state index contributed by atoms with van der Waals surface area (Å²) in [6.45, 7) is 0.630. The molecule has 1 aromatic heterocycles. The number of fused-ring (bicyclic) bond motifs is 4.